The Morgan fingerprint density at radius 2 is 2.16 bits per heavy atom. The lowest BCUT2D eigenvalue weighted by atomic mass is 10.2. The Labute approximate surface area is 120 Å². The highest BCUT2D eigenvalue weighted by Gasteiger charge is 2.08. The molecule has 0 aliphatic carbocycles. The van der Waals surface area contributed by atoms with E-state index in [1.54, 1.807) is 10.7 Å². The molecule has 0 fully saturated rings. The second-order valence-electron chi connectivity index (χ2n) is 4.29. The van der Waals surface area contributed by atoms with E-state index in [4.69, 9.17) is 4.74 Å². The topological polar surface area (TPSA) is 27.1 Å². The van der Waals surface area contributed by atoms with Crippen LogP contribution in [0.2, 0.25) is 0 Å². The molecule has 0 N–H and O–H groups in total. The van der Waals surface area contributed by atoms with Crippen molar-refractivity contribution < 1.29 is 9.13 Å². The highest BCUT2D eigenvalue weighted by Crippen LogP contribution is 2.21. The van der Waals surface area contributed by atoms with Crippen molar-refractivity contribution in [2.24, 2.45) is 7.05 Å². The predicted molar refractivity (Wildman–Crippen MR) is 75.9 cm³/mol. The average molecular weight is 327 g/mol. The van der Waals surface area contributed by atoms with Crippen molar-refractivity contribution in [1.82, 2.24) is 9.78 Å². The highest BCUT2D eigenvalue weighted by atomic mass is 79.9. The van der Waals surface area contributed by atoms with Gasteiger partial charge in [-0.15, -0.1) is 0 Å². The van der Waals surface area contributed by atoms with Crippen LogP contribution in [0, 0.1) is 5.82 Å². The summed E-state index contributed by atoms with van der Waals surface area (Å²) in [7, 11) is 1.86. The van der Waals surface area contributed by atoms with Gasteiger partial charge in [0.1, 0.15) is 6.61 Å². The SMILES string of the molecule is CCc1cc(COc2ccc(CBr)cc2F)n(C)n1. The number of hydrogen-bond donors (Lipinski definition) is 0. The first-order valence-corrected chi connectivity index (χ1v) is 7.25. The Bertz CT molecular complexity index is 569. The lowest BCUT2D eigenvalue weighted by Crippen LogP contribution is -2.04. The molecule has 0 saturated carbocycles. The van der Waals surface area contributed by atoms with Crippen molar-refractivity contribution in [3.63, 3.8) is 0 Å². The monoisotopic (exact) mass is 326 g/mol. The summed E-state index contributed by atoms with van der Waals surface area (Å²) >= 11 is 3.29. The van der Waals surface area contributed by atoms with Crippen LogP contribution >= 0.6 is 15.9 Å². The minimum absolute atomic E-state index is 0.268. The van der Waals surface area contributed by atoms with E-state index in [0.29, 0.717) is 11.9 Å². The van der Waals surface area contributed by atoms with Crippen LogP contribution in [0.4, 0.5) is 4.39 Å². The van der Waals surface area contributed by atoms with E-state index < -0.39 is 0 Å². The van der Waals surface area contributed by atoms with Crippen LogP contribution < -0.4 is 4.74 Å². The summed E-state index contributed by atoms with van der Waals surface area (Å²) in [5, 5.41) is 4.96. The number of alkyl halides is 1. The number of aryl methyl sites for hydroxylation is 2. The third kappa shape index (κ3) is 3.35. The summed E-state index contributed by atoms with van der Waals surface area (Å²) in [6.45, 7) is 2.36. The molecule has 2 aromatic rings. The maximum atomic E-state index is 13.7. The lowest BCUT2D eigenvalue weighted by molar-refractivity contribution is 0.280. The van der Waals surface area contributed by atoms with E-state index in [1.165, 1.54) is 6.07 Å². The van der Waals surface area contributed by atoms with Crippen LogP contribution in [0.5, 0.6) is 5.75 Å². The number of rotatable bonds is 5. The molecule has 0 bridgehead atoms. The summed E-state index contributed by atoms with van der Waals surface area (Å²) in [6, 6.07) is 6.95. The molecule has 1 aromatic heterocycles. The van der Waals surface area contributed by atoms with Crippen LogP contribution in [0.1, 0.15) is 23.9 Å². The second kappa shape index (κ2) is 6.19. The minimum atomic E-state index is -0.338. The normalized spacial score (nSPS) is 10.7. The van der Waals surface area contributed by atoms with Crippen molar-refractivity contribution in [2.75, 3.05) is 0 Å². The lowest BCUT2D eigenvalue weighted by Gasteiger charge is -2.08. The van der Waals surface area contributed by atoms with E-state index in [0.717, 1.165) is 23.4 Å². The summed E-state index contributed by atoms with van der Waals surface area (Å²) in [5.41, 5.74) is 2.83. The molecule has 0 saturated heterocycles. The zero-order valence-electron chi connectivity index (χ0n) is 11.0. The van der Waals surface area contributed by atoms with Crippen molar-refractivity contribution in [3.8, 4) is 5.75 Å². The fourth-order valence-corrected chi connectivity index (χ4v) is 2.12. The van der Waals surface area contributed by atoms with Crippen LogP contribution in [-0.2, 0) is 25.4 Å². The number of nitrogens with zero attached hydrogens (tertiary/aromatic N) is 2. The average Bonchev–Trinajstić information content (AvgIpc) is 2.78. The Kier molecular flexibility index (Phi) is 4.58. The standard InChI is InChI=1S/C14H16BrFN2O/c1-3-11-7-12(18(2)17-11)9-19-14-5-4-10(8-15)6-13(14)16/h4-7H,3,8-9H2,1-2H3. The fourth-order valence-electron chi connectivity index (χ4n) is 1.78. The van der Waals surface area contributed by atoms with Gasteiger partial charge < -0.3 is 4.74 Å². The van der Waals surface area contributed by atoms with Gasteiger partial charge in [0.2, 0.25) is 0 Å². The predicted octanol–water partition coefficient (Wildman–Crippen LogP) is 3.60. The van der Waals surface area contributed by atoms with Crippen LogP contribution in [0.25, 0.3) is 0 Å². The summed E-state index contributed by atoms with van der Waals surface area (Å²) in [4.78, 5) is 0. The molecular weight excluding hydrogens is 311 g/mol. The molecule has 5 heteroatoms. The molecule has 0 radical (unpaired) electrons. The van der Waals surface area contributed by atoms with Gasteiger partial charge in [0.25, 0.3) is 0 Å². The maximum absolute atomic E-state index is 13.7. The van der Waals surface area contributed by atoms with Crippen LogP contribution in [-0.4, -0.2) is 9.78 Å². The first-order chi connectivity index (χ1) is 9.13. The number of halogens is 2. The summed E-state index contributed by atoms with van der Waals surface area (Å²) < 4.78 is 21.0. The van der Waals surface area contributed by atoms with Gasteiger partial charge in [-0.1, -0.05) is 28.9 Å². The summed E-state index contributed by atoms with van der Waals surface area (Å²) in [5.74, 6) is -0.0706. The van der Waals surface area contributed by atoms with Gasteiger partial charge in [-0.3, -0.25) is 4.68 Å². The minimum Gasteiger partial charge on any atom is -0.484 e. The van der Waals surface area contributed by atoms with Gasteiger partial charge in [0.05, 0.1) is 11.4 Å². The molecule has 0 aliphatic rings. The Hall–Kier alpha value is -1.36. The van der Waals surface area contributed by atoms with Gasteiger partial charge >= 0.3 is 0 Å². The molecular formula is C14H16BrFN2O. The molecule has 19 heavy (non-hydrogen) atoms. The van der Waals surface area contributed by atoms with E-state index >= 15 is 0 Å². The summed E-state index contributed by atoms with van der Waals surface area (Å²) in [6.07, 6.45) is 0.877. The quantitative estimate of drug-likeness (QED) is 0.785. The molecule has 0 spiro atoms. The number of ether oxygens (including phenoxy) is 1. The Balaban J connectivity index is 2.07. The third-order valence-corrected chi connectivity index (χ3v) is 3.56. The molecule has 0 unspecified atom stereocenters. The van der Waals surface area contributed by atoms with Gasteiger partial charge in [-0.25, -0.2) is 4.39 Å². The molecule has 2 rings (SSSR count). The van der Waals surface area contributed by atoms with Gasteiger partial charge in [-0.2, -0.15) is 5.10 Å². The molecule has 102 valence electrons. The van der Waals surface area contributed by atoms with E-state index in [2.05, 4.69) is 21.0 Å². The largest absolute Gasteiger partial charge is 0.484 e. The Morgan fingerprint density at radius 3 is 2.74 bits per heavy atom. The first kappa shape index (κ1) is 14.1. The molecule has 0 amide bonds. The van der Waals surface area contributed by atoms with E-state index in [1.807, 2.05) is 26.1 Å². The van der Waals surface area contributed by atoms with Crippen molar-refractivity contribution in [2.45, 2.75) is 25.3 Å². The first-order valence-electron chi connectivity index (χ1n) is 6.13. The van der Waals surface area contributed by atoms with Crippen LogP contribution in [0.15, 0.2) is 24.3 Å². The highest BCUT2D eigenvalue weighted by molar-refractivity contribution is 9.08. The third-order valence-electron chi connectivity index (χ3n) is 2.92. The molecule has 1 heterocycles. The smallest absolute Gasteiger partial charge is 0.165 e. The zero-order valence-corrected chi connectivity index (χ0v) is 12.6. The van der Waals surface area contributed by atoms with Gasteiger partial charge in [0.15, 0.2) is 11.6 Å². The van der Waals surface area contributed by atoms with Crippen molar-refractivity contribution in [1.29, 1.82) is 0 Å². The second-order valence-corrected chi connectivity index (χ2v) is 4.85. The van der Waals surface area contributed by atoms with Gasteiger partial charge in [-0.05, 0) is 30.2 Å². The number of hydrogen-bond acceptors (Lipinski definition) is 2. The van der Waals surface area contributed by atoms with E-state index in [-0.39, 0.29) is 11.6 Å². The van der Waals surface area contributed by atoms with Gasteiger partial charge in [0, 0.05) is 12.4 Å². The molecule has 3 nitrogen and oxygen atoms in total. The number of aromatic nitrogens is 2. The Morgan fingerprint density at radius 1 is 1.37 bits per heavy atom. The van der Waals surface area contributed by atoms with Crippen LogP contribution in [0.3, 0.4) is 0 Å². The maximum Gasteiger partial charge on any atom is 0.165 e. The van der Waals surface area contributed by atoms with E-state index in [9.17, 15) is 4.39 Å². The molecule has 0 atom stereocenters. The van der Waals surface area contributed by atoms with Crippen molar-refractivity contribution >= 4 is 15.9 Å². The number of benzene rings is 1. The fraction of sp³-hybridized carbons (Fsp3) is 0.357. The molecule has 0 aliphatic heterocycles. The molecule has 1 aromatic carbocycles. The van der Waals surface area contributed by atoms with Crippen molar-refractivity contribution in [3.05, 3.63) is 47.0 Å². The zero-order chi connectivity index (χ0) is 13.8.